The fourth-order valence-electron chi connectivity index (χ4n) is 4.40. The molecule has 0 spiro atoms. The summed E-state index contributed by atoms with van der Waals surface area (Å²) in [5.74, 6) is -0.887. The van der Waals surface area contributed by atoms with Gasteiger partial charge in [0, 0.05) is 41.2 Å². The fraction of sp³-hybridized carbons (Fsp3) is 0.267. The second kappa shape index (κ2) is 12.8. The first-order valence-corrected chi connectivity index (χ1v) is 12.7. The number of methoxy groups -OCH3 is 1. The van der Waals surface area contributed by atoms with Gasteiger partial charge in [-0.25, -0.2) is 0 Å². The molecule has 1 amide bonds. The monoisotopic (exact) mass is 512 g/mol. The second-order valence-electron chi connectivity index (χ2n) is 9.19. The normalized spacial score (nSPS) is 10.9. The highest BCUT2D eigenvalue weighted by Crippen LogP contribution is 2.29. The first-order chi connectivity index (χ1) is 18.5. The van der Waals surface area contributed by atoms with Crippen LogP contribution in [0, 0.1) is 0 Å². The molecule has 0 unspecified atom stereocenters. The Kier molecular flexibility index (Phi) is 9.00. The van der Waals surface area contributed by atoms with Crippen LogP contribution in [0.1, 0.15) is 41.6 Å². The van der Waals surface area contributed by atoms with Crippen LogP contribution in [0.15, 0.2) is 78.0 Å². The highest BCUT2D eigenvalue weighted by atomic mass is 16.5. The lowest BCUT2D eigenvalue weighted by atomic mass is 9.97. The van der Waals surface area contributed by atoms with Gasteiger partial charge in [0.2, 0.25) is 0 Å². The van der Waals surface area contributed by atoms with E-state index in [1.807, 2.05) is 30.6 Å². The Labute approximate surface area is 221 Å². The van der Waals surface area contributed by atoms with Crippen molar-refractivity contribution in [2.45, 2.75) is 38.6 Å². The zero-order valence-electron chi connectivity index (χ0n) is 21.5. The van der Waals surface area contributed by atoms with E-state index < -0.39 is 5.97 Å². The maximum absolute atomic E-state index is 13.0. The minimum Gasteiger partial charge on any atom is -0.468 e. The van der Waals surface area contributed by atoms with Crippen LogP contribution < -0.4 is 16.6 Å². The molecular formula is C30H32N4O4. The summed E-state index contributed by atoms with van der Waals surface area (Å²) in [6, 6.07) is 16.6. The molecular weight excluding hydrogens is 480 g/mol. The highest BCUT2D eigenvalue weighted by molar-refractivity contribution is 6.05. The lowest BCUT2D eigenvalue weighted by molar-refractivity contribution is -0.141. The number of anilines is 1. The Balaban J connectivity index is 1.52. The number of hydrogen-bond donors (Lipinski definition) is 2. The number of carbonyl (C=O) groups excluding carboxylic acids is 2. The van der Waals surface area contributed by atoms with Crippen LogP contribution in [0.3, 0.4) is 0 Å². The van der Waals surface area contributed by atoms with E-state index in [2.05, 4.69) is 33.2 Å². The molecule has 0 atom stereocenters. The van der Waals surface area contributed by atoms with Gasteiger partial charge in [-0.3, -0.25) is 19.4 Å². The summed E-state index contributed by atoms with van der Waals surface area (Å²) in [6.45, 7) is 0.511. The number of rotatable bonds is 11. The number of benzene rings is 2. The van der Waals surface area contributed by atoms with E-state index in [0.717, 1.165) is 54.1 Å². The summed E-state index contributed by atoms with van der Waals surface area (Å²) in [4.78, 5) is 41.1. The summed E-state index contributed by atoms with van der Waals surface area (Å²) < 4.78 is 5.82. The molecule has 0 saturated carbocycles. The Hall–Kier alpha value is -4.30. The molecule has 2 aromatic heterocycles. The van der Waals surface area contributed by atoms with E-state index in [4.69, 9.17) is 5.73 Å². The molecule has 196 valence electrons. The first-order valence-electron chi connectivity index (χ1n) is 12.7. The van der Waals surface area contributed by atoms with Gasteiger partial charge in [0.1, 0.15) is 6.54 Å². The molecule has 0 bridgehead atoms. The number of fused-ring (bicyclic) bond motifs is 1. The topological polar surface area (TPSA) is 116 Å². The molecule has 0 aliphatic rings. The number of amides is 1. The summed E-state index contributed by atoms with van der Waals surface area (Å²) in [5.41, 5.74) is 9.17. The predicted molar refractivity (Wildman–Crippen MR) is 149 cm³/mol. The first kappa shape index (κ1) is 26.8. The zero-order chi connectivity index (χ0) is 26.9. The van der Waals surface area contributed by atoms with E-state index in [-0.39, 0.29) is 18.0 Å². The number of ether oxygens (including phenoxy) is 1. The molecule has 8 nitrogen and oxygen atoms in total. The van der Waals surface area contributed by atoms with Crippen molar-refractivity contribution in [1.82, 2.24) is 9.55 Å². The van der Waals surface area contributed by atoms with Crippen molar-refractivity contribution in [3.05, 3.63) is 94.7 Å². The summed E-state index contributed by atoms with van der Waals surface area (Å²) in [7, 11) is 1.25. The molecule has 8 heteroatoms. The Morgan fingerprint density at radius 2 is 1.84 bits per heavy atom. The molecule has 0 fully saturated rings. The number of aromatic nitrogens is 2. The molecule has 3 N–H and O–H groups in total. The van der Waals surface area contributed by atoms with Crippen LogP contribution in [0.4, 0.5) is 5.69 Å². The molecule has 0 aliphatic carbocycles. The number of aryl methyl sites for hydroxylation is 1. The maximum Gasteiger partial charge on any atom is 0.325 e. The number of nitrogens with zero attached hydrogens (tertiary/aromatic N) is 2. The predicted octanol–water partition coefficient (Wildman–Crippen LogP) is 4.55. The number of hydrogen-bond acceptors (Lipinski definition) is 6. The van der Waals surface area contributed by atoms with Gasteiger partial charge in [0.05, 0.1) is 12.8 Å². The molecule has 2 heterocycles. The lowest BCUT2D eigenvalue weighted by Crippen LogP contribution is -2.24. The summed E-state index contributed by atoms with van der Waals surface area (Å²) in [5, 5.41) is 4.93. The minimum atomic E-state index is -0.554. The number of esters is 1. The number of unbranched alkanes of at least 4 members (excludes halogenated alkanes) is 3. The van der Waals surface area contributed by atoms with Gasteiger partial charge in [-0.15, -0.1) is 0 Å². The lowest BCUT2D eigenvalue weighted by Gasteiger charge is -2.11. The minimum absolute atomic E-state index is 0.237. The van der Waals surface area contributed by atoms with Crippen LogP contribution in [0.2, 0.25) is 0 Å². The molecule has 2 aromatic carbocycles. The Morgan fingerprint density at radius 3 is 2.66 bits per heavy atom. The summed E-state index contributed by atoms with van der Waals surface area (Å²) in [6.07, 6.45) is 10.7. The maximum atomic E-state index is 13.0. The van der Waals surface area contributed by atoms with Crippen LogP contribution in [0.5, 0.6) is 0 Å². The number of nitrogens with two attached hydrogens (primary N) is 1. The molecule has 0 aliphatic heterocycles. The third-order valence-corrected chi connectivity index (χ3v) is 6.45. The van der Waals surface area contributed by atoms with Crippen molar-refractivity contribution in [3.63, 3.8) is 0 Å². The zero-order valence-corrected chi connectivity index (χ0v) is 21.5. The smallest absolute Gasteiger partial charge is 0.325 e. The van der Waals surface area contributed by atoms with E-state index in [0.29, 0.717) is 11.3 Å². The molecule has 4 rings (SSSR count). The number of pyridine rings is 2. The highest BCUT2D eigenvalue weighted by Gasteiger charge is 2.12. The van der Waals surface area contributed by atoms with Crippen LogP contribution in [-0.2, 0) is 22.5 Å². The van der Waals surface area contributed by atoms with Gasteiger partial charge >= 0.3 is 5.97 Å². The van der Waals surface area contributed by atoms with Crippen molar-refractivity contribution < 1.29 is 14.3 Å². The number of carbonyl (C=O) groups is 2. The Morgan fingerprint density at radius 1 is 1.00 bits per heavy atom. The van der Waals surface area contributed by atoms with E-state index >= 15 is 0 Å². The SMILES string of the molecule is COC(=O)Cn1cc(NC(=O)c2cccc(-c3cncc4cc(CCCCCCN)ccc34)c2)ccc1=O. The van der Waals surface area contributed by atoms with Gasteiger partial charge in [0.15, 0.2) is 0 Å². The van der Waals surface area contributed by atoms with Gasteiger partial charge < -0.3 is 20.4 Å². The average Bonchev–Trinajstić information content (AvgIpc) is 2.94. The van der Waals surface area contributed by atoms with Crippen LogP contribution in [-0.4, -0.2) is 35.1 Å². The van der Waals surface area contributed by atoms with E-state index in [1.54, 1.807) is 6.07 Å². The van der Waals surface area contributed by atoms with Crippen LogP contribution >= 0.6 is 0 Å². The average molecular weight is 513 g/mol. The van der Waals surface area contributed by atoms with Crippen molar-refractivity contribution in [2.75, 3.05) is 19.0 Å². The fourth-order valence-corrected chi connectivity index (χ4v) is 4.40. The molecule has 38 heavy (non-hydrogen) atoms. The van der Waals surface area contributed by atoms with Crippen molar-refractivity contribution >= 4 is 28.3 Å². The molecule has 0 saturated heterocycles. The largest absolute Gasteiger partial charge is 0.468 e. The van der Waals surface area contributed by atoms with Gasteiger partial charge in [-0.05, 0) is 66.6 Å². The second-order valence-corrected chi connectivity index (χ2v) is 9.19. The van der Waals surface area contributed by atoms with E-state index in [9.17, 15) is 14.4 Å². The van der Waals surface area contributed by atoms with Crippen molar-refractivity contribution in [2.24, 2.45) is 5.73 Å². The van der Waals surface area contributed by atoms with E-state index in [1.165, 1.54) is 42.0 Å². The molecule has 0 radical (unpaired) electrons. The number of nitrogens with one attached hydrogen (secondary N) is 1. The van der Waals surface area contributed by atoms with Gasteiger partial charge in [-0.2, -0.15) is 0 Å². The van der Waals surface area contributed by atoms with Gasteiger partial charge in [0.25, 0.3) is 11.5 Å². The third kappa shape index (κ3) is 6.72. The standard InChI is InChI=1S/C30H32N4O4/c1-38-29(36)20-34-19-25(11-13-28(34)35)33-30(37)23-9-6-8-22(16-23)27-18-32-17-24-15-21(10-12-26(24)27)7-4-2-3-5-14-31/h6,8-13,15-19H,2-5,7,14,20,31H2,1H3,(H,33,37). The van der Waals surface area contributed by atoms with Crippen LogP contribution in [0.25, 0.3) is 21.9 Å². The van der Waals surface area contributed by atoms with Gasteiger partial charge in [-0.1, -0.05) is 37.1 Å². The quantitative estimate of drug-likeness (QED) is 0.225. The molecule has 4 aromatic rings. The summed E-state index contributed by atoms with van der Waals surface area (Å²) >= 11 is 0. The van der Waals surface area contributed by atoms with Crippen molar-refractivity contribution in [3.8, 4) is 11.1 Å². The third-order valence-electron chi connectivity index (χ3n) is 6.45. The van der Waals surface area contributed by atoms with Crippen molar-refractivity contribution in [1.29, 1.82) is 0 Å². The Bertz CT molecular complexity index is 1500.